The largest absolute Gasteiger partial charge is 0.497 e. The fourth-order valence-corrected chi connectivity index (χ4v) is 4.31. The van der Waals surface area contributed by atoms with Crippen LogP contribution in [0.5, 0.6) is 5.75 Å². The summed E-state index contributed by atoms with van der Waals surface area (Å²) < 4.78 is 17.6. The number of ether oxygens (including phenoxy) is 2. The van der Waals surface area contributed by atoms with Crippen molar-refractivity contribution in [2.45, 2.75) is 78.0 Å². The molecule has 1 saturated carbocycles. The zero-order valence-electron chi connectivity index (χ0n) is 20.7. The van der Waals surface area contributed by atoms with Gasteiger partial charge in [0.1, 0.15) is 23.2 Å². The van der Waals surface area contributed by atoms with E-state index in [0.29, 0.717) is 18.9 Å². The highest BCUT2D eigenvalue weighted by molar-refractivity contribution is 5.85. The van der Waals surface area contributed by atoms with E-state index in [1.165, 1.54) is 0 Å². The normalized spacial score (nSPS) is 19.3. The number of carboxylic acids is 1. The third-order valence-corrected chi connectivity index (χ3v) is 6.25. The molecule has 1 heterocycles. The van der Waals surface area contributed by atoms with Crippen LogP contribution in [0.3, 0.4) is 0 Å². The number of carbonyl (C=O) groups excluding carboxylic acids is 1. The first kappa shape index (κ1) is 25.7. The summed E-state index contributed by atoms with van der Waals surface area (Å²) in [6.45, 7) is 7.97. The van der Waals surface area contributed by atoms with E-state index in [4.69, 9.17) is 18.9 Å². The van der Waals surface area contributed by atoms with Crippen LogP contribution in [0.15, 0.2) is 28.7 Å². The number of aromatic nitrogens is 1. The Labute approximate surface area is 201 Å². The van der Waals surface area contributed by atoms with Gasteiger partial charge in [0.15, 0.2) is 0 Å². The lowest BCUT2D eigenvalue weighted by atomic mass is 9.86. The number of nitrogens with zero attached hydrogens (tertiary/aromatic N) is 1. The van der Waals surface area contributed by atoms with Crippen LogP contribution in [0.1, 0.15) is 70.8 Å². The van der Waals surface area contributed by atoms with Gasteiger partial charge >= 0.3 is 5.97 Å². The zero-order valence-corrected chi connectivity index (χ0v) is 20.7. The predicted octanol–water partition coefficient (Wildman–Crippen LogP) is 4.77. The van der Waals surface area contributed by atoms with Crippen molar-refractivity contribution in [2.75, 3.05) is 7.11 Å². The first-order valence-electron chi connectivity index (χ1n) is 12.0. The van der Waals surface area contributed by atoms with Gasteiger partial charge in [-0.25, -0.2) is 9.78 Å². The highest BCUT2D eigenvalue weighted by atomic mass is 16.5. The maximum absolute atomic E-state index is 12.7. The minimum Gasteiger partial charge on any atom is -0.497 e. The fourth-order valence-electron chi connectivity index (χ4n) is 4.31. The number of nitrogens with one attached hydrogen (secondary N) is 1. The van der Waals surface area contributed by atoms with E-state index in [-0.39, 0.29) is 29.8 Å². The molecular weight excluding hydrogens is 436 g/mol. The summed E-state index contributed by atoms with van der Waals surface area (Å²) >= 11 is 0. The van der Waals surface area contributed by atoms with Crippen LogP contribution in [0.4, 0.5) is 0 Å². The van der Waals surface area contributed by atoms with Crippen molar-refractivity contribution in [2.24, 2.45) is 11.8 Å². The Morgan fingerprint density at radius 2 is 2.00 bits per heavy atom. The Bertz CT molecular complexity index is 983. The van der Waals surface area contributed by atoms with Crippen molar-refractivity contribution in [1.29, 1.82) is 0 Å². The number of benzene rings is 1. The average molecular weight is 473 g/mol. The van der Waals surface area contributed by atoms with Crippen LogP contribution in [0.2, 0.25) is 0 Å². The van der Waals surface area contributed by atoms with E-state index in [2.05, 4.69) is 5.32 Å². The maximum Gasteiger partial charge on any atom is 0.326 e. The highest BCUT2D eigenvalue weighted by Gasteiger charge is 2.32. The fraction of sp³-hybridized carbons (Fsp3) is 0.577. The monoisotopic (exact) mass is 472 g/mol. The zero-order chi connectivity index (χ0) is 24.8. The summed E-state index contributed by atoms with van der Waals surface area (Å²) in [7, 11) is 1.62. The van der Waals surface area contributed by atoms with Crippen molar-refractivity contribution in [1.82, 2.24) is 10.3 Å². The van der Waals surface area contributed by atoms with Gasteiger partial charge in [-0.1, -0.05) is 40.2 Å². The van der Waals surface area contributed by atoms with Crippen molar-refractivity contribution in [3.63, 3.8) is 0 Å². The Balaban J connectivity index is 1.65. The van der Waals surface area contributed by atoms with Crippen molar-refractivity contribution < 1.29 is 28.6 Å². The smallest absolute Gasteiger partial charge is 0.326 e. The lowest BCUT2D eigenvalue weighted by Gasteiger charge is -2.29. The standard InChI is InChI=1S/C26H36N2O6/c1-15(2)22(26(30)31)28-24(29)17-8-6-11-20(12-17)33-14-21-23(16(3)4)34-25(27-21)18-9-7-10-19(13-18)32-5/h7,9-10,13,15-17,20,22H,6,8,11-12,14H2,1-5H3,(H,28,29)(H,30,31)/t17?,20?,22-/m0/s1. The third-order valence-electron chi connectivity index (χ3n) is 6.25. The lowest BCUT2D eigenvalue weighted by Crippen LogP contribution is -2.47. The van der Waals surface area contributed by atoms with Gasteiger partial charge in [0, 0.05) is 17.4 Å². The summed E-state index contributed by atoms with van der Waals surface area (Å²) in [6.07, 6.45) is 2.91. The first-order chi connectivity index (χ1) is 16.2. The molecule has 1 aliphatic carbocycles. The molecule has 2 unspecified atom stereocenters. The molecule has 1 aliphatic rings. The molecule has 0 aliphatic heterocycles. The van der Waals surface area contributed by atoms with Crippen molar-refractivity contribution in [3.05, 3.63) is 35.7 Å². The number of carbonyl (C=O) groups is 2. The minimum absolute atomic E-state index is 0.0937. The Hall–Kier alpha value is -2.87. The van der Waals surface area contributed by atoms with Gasteiger partial charge in [-0.2, -0.15) is 0 Å². The van der Waals surface area contributed by atoms with Crippen molar-refractivity contribution in [3.8, 4) is 17.2 Å². The second-order valence-electron chi connectivity index (χ2n) is 9.58. The number of amides is 1. The molecule has 3 rings (SSSR count). The summed E-state index contributed by atoms with van der Waals surface area (Å²) in [5, 5.41) is 12.1. The van der Waals surface area contributed by atoms with Crippen LogP contribution in [0, 0.1) is 11.8 Å². The molecule has 1 aromatic heterocycles. The molecule has 8 nitrogen and oxygen atoms in total. The maximum atomic E-state index is 12.7. The van der Waals surface area contributed by atoms with Gasteiger partial charge in [0.05, 0.1) is 19.8 Å². The van der Waals surface area contributed by atoms with Gasteiger partial charge in [0.25, 0.3) is 0 Å². The van der Waals surface area contributed by atoms with E-state index in [1.54, 1.807) is 21.0 Å². The summed E-state index contributed by atoms with van der Waals surface area (Å²) in [5.41, 5.74) is 1.59. The molecule has 8 heteroatoms. The van der Waals surface area contributed by atoms with E-state index in [1.807, 2.05) is 38.1 Å². The number of methoxy groups -OCH3 is 1. The number of hydrogen-bond donors (Lipinski definition) is 2. The van der Waals surface area contributed by atoms with Crippen LogP contribution < -0.4 is 10.1 Å². The van der Waals surface area contributed by atoms with E-state index >= 15 is 0 Å². The Kier molecular flexibility index (Phi) is 8.72. The van der Waals surface area contributed by atoms with Crippen LogP contribution in [0.25, 0.3) is 11.5 Å². The van der Waals surface area contributed by atoms with E-state index in [9.17, 15) is 14.7 Å². The Morgan fingerprint density at radius 3 is 2.65 bits per heavy atom. The highest BCUT2D eigenvalue weighted by Crippen LogP contribution is 2.31. The molecule has 0 spiro atoms. The van der Waals surface area contributed by atoms with Gasteiger partial charge in [0.2, 0.25) is 11.8 Å². The summed E-state index contributed by atoms with van der Waals surface area (Å²) in [6, 6.07) is 6.69. The molecule has 0 bridgehead atoms. The van der Waals surface area contributed by atoms with Gasteiger partial charge in [-0.05, 0) is 43.4 Å². The third kappa shape index (κ3) is 6.38. The Morgan fingerprint density at radius 1 is 1.24 bits per heavy atom. The average Bonchev–Trinajstić information content (AvgIpc) is 3.25. The molecule has 3 atom stereocenters. The molecule has 1 amide bonds. The summed E-state index contributed by atoms with van der Waals surface area (Å²) in [5.74, 6) is 0.517. The first-order valence-corrected chi connectivity index (χ1v) is 12.0. The van der Waals surface area contributed by atoms with Gasteiger partial charge in [-0.15, -0.1) is 0 Å². The predicted molar refractivity (Wildman–Crippen MR) is 128 cm³/mol. The quantitative estimate of drug-likeness (QED) is 0.512. The van der Waals surface area contributed by atoms with Gasteiger partial charge in [-0.3, -0.25) is 4.79 Å². The SMILES string of the molecule is COc1cccc(-c2nc(COC3CCCC(C(=O)N[C@H](C(=O)O)C(C)C)C3)c(C(C)C)o2)c1. The molecule has 2 aromatic rings. The molecule has 186 valence electrons. The number of oxazole rings is 1. The minimum atomic E-state index is -1.01. The molecule has 1 aromatic carbocycles. The number of aliphatic carboxylic acids is 1. The number of carboxylic acid groups (broad SMARTS) is 1. The lowest BCUT2D eigenvalue weighted by molar-refractivity contribution is -0.144. The molecule has 0 radical (unpaired) electrons. The van der Waals surface area contributed by atoms with E-state index in [0.717, 1.165) is 42.0 Å². The molecule has 2 N–H and O–H groups in total. The van der Waals surface area contributed by atoms with Crippen LogP contribution >= 0.6 is 0 Å². The van der Waals surface area contributed by atoms with E-state index < -0.39 is 12.0 Å². The molecule has 34 heavy (non-hydrogen) atoms. The van der Waals surface area contributed by atoms with Crippen LogP contribution in [-0.2, 0) is 20.9 Å². The summed E-state index contributed by atoms with van der Waals surface area (Å²) in [4.78, 5) is 28.9. The van der Waals surface area contributed by atoms with Crippen LogP contribution in [-0.4, -0.2) is 41.2 Å². The van der Waals surface area contributed by atoms with Gasteiger partial charge < -0.3 is 24.3 Å². The molecule has 1 fully saturated rings. The van der Waals surface area contributed by atoms with Crippen molar-refractivity contribution >= 4 is 11.9 Å². The second kappa shape index (κ2) is 11.5. The molecular formula is C26H36N2O6. The molecule has 0 saturated heterocycles. The number of rotatable bonds is 10. The second-order valence-corrected chi connectivity index (χ2v) is 9.58. The number of hydrogen-bond acceptors (Lipinski definition) is 6. The topological polar surface area (TPSA) is 111 Å².